The number of H-pyrrole nitrogens is 1. The number of amides is 2. The molecule has 0 aliphatic carbocycles. The fourth-order valence-electron chi connectivity index (χ4n) is 3.30. The minimum Gasteiger partial charge on any atom is -0.444 e. The fraction of sp³-hybridized carbons (Fsp3) is 0.292. The average Bonchev–Trinajstić information content (AvgIpc) is 3.00. The van der Waals surface area contributed by atoms with Gasteiger partial charge in [-0.15, -0.1) is 0 Å². The van der Waals surface area contributed by atoms with E-state index >= 15 is 0 Å². The number of anilines is 1. The Morgan fingerprint density at radius 1 is 1.19 bits per heavy atom. The van der Waals surface area contributed by atoms with Crippen LogP contribution < -0.4 is 5.32 Å². The Kier molecular flexibility index (Phi) is 5.88. The second kappa shape index (κ2) is 8.26. The monoisotopic (exact) mass is 420 g/mol. The Labute approximate surface area is 182 Å². The number of aromatic amines is 1. The number of aryl methyl sites for hydroxylation is 1. The van der Waals surface area contributed by atoms with Gasteiger partial charge in [-0.05, 0) is 51.5 Å². The quantitative estimate of drug-likeness (QED) is 0.605. The zero-order valence-electron chi connectivity index (χ0n) is 18.8. The maximum absolute atomic E-state index is 12.8. The molecule has 0 atom stereocenters. The second-order valence-electron chi connectivity index (χ2n) is 8.57. The molecular weight excluding hydrogens is 392 g/mol. The van der Waals surface area contributed by atoms with Gasteiger partial charge in [-0.2, -0.15) is 0 Å². The predicted molar refractivity (Wildman–Crippen MR) is 124 cm³/mol. The number of carbonyl (C=O) groups excluding carboxylic acids is 2. The molecule has 31 heavy (non-hydrogen) atoms. The van der Waals surface area contributed by atoms with Crippen molar-refractivity contribution in [3.63, 3.8) is 0 Å². The molecule has 0 bridgehead atoms. The SMILES string of the molecule is C=Cc1c(C)[nH]c2ncc(-c3ccc(NC(=O)OC(C)(C)C)c(C(=O)N(C)C)c3)cc12. The lowest BCUT2D eigenvalue weighted by Crippen LogP contribution is -2.29. The van der Waals surface area contributed by atoms with Gasteiger partial charge in [0.25, 0.3) is 5.91 Å². The first-order valence-corrected chi connectivity index (χ1v) is 9.97. The van der Waals surface area contributed by atoms with Crippen molar-refractivity contribution < 1.29 is 14.3 Å². The fourth-order valence-corrected chi connectivity index (χ4v) is 3.30. The Balaban J connectivity index is 2.05. The summed E-state index contributed by atoms with van der Waals surface area (Å²) in [5.74, 6) is -0.230. The zero-order valence-corrected chi connectivity index (χ0v) is 18.8. The van der Waals surface area contributed by atoms with E-state index in [4.69, 9.17) is 4.74 Å². The van der Waals surface area contributed by atoms with Crippen LogP contribution in [0.2, 0.25) is 0 Å². The molecule has 2 amide bonds. The van der Waals surface area contributed by atoms with E-state index in [1.807, 2.05) is 19.1 Å². The van der Waals surface area contributed by atoms with Gasteiger partial charge in [0.15, 0.2) is 0 Å². The topological polar surface area (TPSA) is 87.3 Å². The number of benzene rings is 1. The summed E-state index contributed by atoms with van der Waals surface area (Å²) in [5.41, 5.74) is 4.54. The Bertz CT molecular complexity index is 1170. The minimum atomic E-state index is -0.644. The Morgan fingerprint density at radius 2 is 1.90 bits per heavy atom. The van der Waals surface area contributed by atoms with E-state index in [2.05, 4.69) is 21.9 Å². The number of hydrogen-bond donors (Lipinski definition) is 2. The summed E-state index contributed by atoms with van der Waals surface area (Å²) in [6.45, 7) is 11.2. The van der Waals surface area contributed by atoms with Crippen molar-refractivity contribution in [1.82, 2.24) is 14.9 Å². The molecule has 7 heteroatoms. The van der Waals surface area contributed by atoms with Gasteiger partial charge in [0, 0.05) is 42.5 Å². The standard InChI is InChI=1S/C24H28N4O3/c1-8-17-14(2)26-21-18(17)12-16(13-25-21)15-9-10-20(19(11-15)22(29)28(6)7)27-23(30)31-24(3,4)5/h8-13H,1H2,2-7H3,(H,25,26)(H,27,30). The van der Waals surface area contributed by atoms with Crippen molar-refractivity contribution in [2.24, 2.45) is 0 Å². The predicted octanol–water partition coefficient (Wildman–Crippen LogP) is 5.23. The van der Waals surface area contributed by atoms with Gasteiger partial charge >= 0.3 is 6.09 Å². The van der Waals surface area contributed by atoms with Crippen LogP contribution in [0, 0.1) is 6.92 Å². The van der Waals surface area contributed by atoms with E-state index in [1.165, 1.54) is 4.90 Å². The van der Waals surface area contributed by atoms with Gasteiger partial charge < -0.3 is 14.6 Å². The molecule has 7 nitrogen and oxygen atoms in total. The molecule has 1 aromatic carbocycles. The molecule has 3 aromatic rings. The van der Waals surface area contributed by atoms with Crippen LogP contribution in [0.15, 0.2) is 37.0 Å². The number of carbonyl (C=O) groups is 2. The number of nitrogens with one attached hydrogen (secondary N) is 2. The summed E-state index contributed by atoms with van der Waals surface area (Å²) in [7, 11) is 3.33. The molecule has 162 valence electrons. The molecule has 2 aromatic heterocycles. The number of aromatic nitrogens is 2. The van der Waals surface area contributed by atoms with Crippen LogP contribution in [-0.2, 0) is 4.74 Å². The third-order valence-electron chi connectivity index (χ3n) is 4.72. The summed E-state index contributed by atoms with van der Waals surface area (Å²) < 4.78 is 5.33. The number of nitrogens with zero attached hydrogens (tertiary/aromatic N) is 2. The van der Waals surface area contributed by atoms with Gasteiger partial charge in [0.2, 0.25) is 0 Å². The summed E-state index contributed by atoms with van der Waals surface area (Å²) in [6, 6.07) is 7.32. The molecule has 0 spiro atoms. The van der Waals surface area contributed by atoms with Crippen molar-refractivity contribution in [2.45, 2.75) is 33.3 Å². The third kappa shape index (κ3) is 4.77. The van der Waals surface area contributed by atoms with Gasteiger partial charge in [-0.25, -0.2) is 9.78 Å². The van der Waals surface area contributed by atoms with Crippen LogP contribution in [-0.4, -0.2) is 46.6 Å². The van der Waals surface area contributed by atoms with E-state index < -0.39 is 11.7 Å². The highest BCUT2D eigenvalue weighted by molar-refractivity contribution is 6.04. The minimum absolute atomic E-state index is 0.230. The van der Waals surface area contributed by atoms with E-state index in [1.54, 1.807) is 59.3 Å². The molecule has 2 N–H and O–H groups in total. The summed E-state index contributed by atoms with van der Waals surface area (Å²) in [6.07, 6.45) is 2.94. The van der Waals surface area contributed by atoms with Crippen LogP contribution in [0.1, 0.15) is 42.4 Å². The highest BCUT2D eigenvalue weighted by atomic mass is 16.6. The molecule has 3 rings (SSSR count). The maximum atomic E-state index is 12.8. The van der Waals surface area contributed by atoms with Gasteiger partial charge in [-0.3, -0.25) is 10.1 Å². The number of rotatable bonds is 4. The van der Waals surface area contributed by atoms with E-state index in [0.717, 1.165) is 33.4 Å². The van der Waals surface area contributed by atoms with E-state index in [9.17, 15) is 9.59 Å². The molecule has 0 unspecified atom stereocenters. The van der Waals surface area contributed by atoms with Crippen molar-refractivity contribution in [3.05, 3.63) is 53.9 Å². The second-order valence-corrected chi connectivity index (χ2v) is 8.57. The van der Waals surface area contributed by atoms with E-state index in [0.29, 0.717) is 11.3 Å². The highest BCUT2D eigenvalue weighted by Gasteiger charge is 2.21. The molecule has 2 heterocycles. The Morgan fingerprint density at radius 3 is 2.52 bits per heavy atom. The smallest absolute Gasteiger partial charge is 0.412 e. The molecule has 0 saturated carbocycles. The highest BCUT2D eigenvalue weighted by Crippen LogP contribution is 2.30. The van der Waals surface area contributed by atoms with Crippen LogP contribution in [0.25, 0.3) is 28.2 Å². The number of ether oxygens (including phenoxy) is 1. The van der Waals surface area contributed by atoms with Crippen molar-refractivity contribution in [2.75, 3.05) is 19.4 Å². The zero-order chi connectivity index (χ0) is 22.9. The molecular formula is C24H28N4O3. The molecule has 0 fully saturated rings. The number of hydrogen-bond acceptors (Lipinski definition) is 4. The largest absolute Gasteiger partial charge is 0.444 e. The van der Waals surface area contributed by atoms with Gasteiger partial charge in [0.1, 0.15) is 11.2 Å². The molecule has 0 radical (unpaired) electrons. The lowest BCUT2D eigenvalue weighted by atomic mass is 10.0. The summed E-state index contributed by atoms with van der Waals surface area (Å²) in [5, 5.41) is 3.65. The van der Waals surface area contributed by atoms with Crippen molar-refractivity contribution in [1.29, 1.82) is 0 Å². The first-order valence-electron chi connectivity index (χ1n) is 9.97. The van der Waals surface area contributed by atoms with Crippen molar-refractivity contribution in [3.8, 4) is 11.1 Å². The lowest BCUT2D eigenvalue weighted by Gasteiger charge is -2.21. The molecule has 0 aliphatic rings. The Hall–Kier alpha value is -3.61. The first-order chi connectivity index (χ1) is 14.5. The maximum Gasteiger partial charge on any atom is 0.412 e. The third-order valence-corrected chi connectivity index (χ3v) is 4.72. The van der Waals surface area contributed by atoms with Crippen LogP contribution >= 0.6 is 0 Å². The number of fused-ring (bicyclic) bond motifs is 1. The lowest BCUT2D eigenvalue weighted by molar-refractivity contribution is 0.0636. The van der Waals surface area contributed by atoms with E-state index in [-0.39, 0.29) is 5.91 Å². The summed E-state index contributed by atoms with van der Waals surface area (Å²) >= 11 is 0. The number of pyridine rings is 1. The van der Waals surface area contributed by atoms with Gasteiger partial charge in [-0.1, -0.05) is 18.7 Å². The summed E-state index contributed by atoms with van der Waals surface area (Å²) in [4.78, 5) is 34.3. The van der Waals surface area contributed by atoms with Crippen LogP contribution in [0.5, 0.6) is 0 Å². The van der Waals surface area contributed by atoms with Crippen LogP contribution in [0.3, 0.4) is 0 Å². The molecule has 0 aliphatic heterocycles. The van der Waals surface area contributed by atoms with Crippen LogP contribution in [0.4, 0.5) is 10.5 Å². The first kappa shape index (κ1) is 22.1. The normalized spacial score (nSPS) is 11.3. The van der Waals surface area contributed by atoms with Crippen molar-refractivity contribution >= 4 is 34.8 Å². The average molecular weight is 421 g/mol. The van der Waals surface area contributed by atoms with Gasteiger partial charge in [0.05, 0.1) is 11.3 Å². The molecule has 0 saturated heterocycles.